The molecule has 0 aliphatic carbocycles. The van der Waals surface area contributed by atoms with Crippen molar-refractivity contribution in [1.82, 2.24) is 10.2 Å². The third kappa shape index (κ3) is 4.60. The Morgan fingerprint density at radius 3 is 2.61 bits per heavy atom. The lowest BCUT2D eigenvalue weighted by Gasteiger charge is -2.25. The highest BCUT2D eigenvalue weighted by Crippen LogP contribution is 2.20. The van der Waals surface area contributed by atoms with Crippen LogP contribution < -0.4 is 5.32 Å². The van der Waals surface area contributed by atoms with Gasteiger partial charge >= 0.3 is 6.03 Å². The van der Waals surface area contributed by atoms with Crippen LogP contribution in [0.25, 0.3) is 0 Å². The zero-order valence-electron chi connectivity index (χ0n) is 13.6. The molecule has 0 aliphatic heterocycles. The molecule has 1 aromatic carbocycles. The standard InChI is InChI=1S/C18H24N2O3/c1-14(17-9-6-12-23-17)20(2)18(22)19-13-16(10-11-21)15-7-4-3-5-8-15/h3-9,12,14,16,21H,10-11,13H2,1-2H3,(H,19,22). The maximum Gasteiger partial charge on any atom is 0.317 e. The molecular formula is C18H24N2O3. The van der Waals surface area contributed by atoms with E-state index >= 15 is 0 Å². The van der Waals surface area contributed by atoms with Crippen LogP contribution in [0, 0.1) is 0 Å². The monoisotopic (exact) mass is 316 g/mol. The summed E-state index contributed by atoms with van der Waals surface area (Å²) < 4.78 is 5.35. The summed E-state index contributed by atoms with van der Waals surface area (Å²) in [6.07, 6.45) is 2.21. The highest BCUT2D eigenvalue weighted by molar-refractivity contribution is 5.74. The maximum atomic E-state index is 12.3. The summed E-state index contributed by atoms with van der Waals surface area (Å²) in [5, 5.41) is 12.2. The smallest absolute Gasteiger partial charge is 0.317 e. The van der Waals surface area contributed by atoms with Crippen LogP contribution in [0.4, 0.5) is 4.79 Å². The second-order valence-electron chi connectivity index (χ2n) is 5.61. The van der Waals surface area contributed by atoms with Crippen LogP contribution in [0.3, 0.4) is 0 Å². The van der Waals surface area contributed by atoms with Gasteiger partial charge in [0.15, 0.2) is 0 Å². The summed E-state index contributed by atoms with van der Waals surface area (Å²) in [5.74, 6) is 0.843. The van der Waals surface area contributed by atoms with Crippen LogP contribution in [0.1, 0.15) is 36.6 Å². The molecule has 2 atom stereocenters. The van der Waals surface area contributed by atoms with E-state index in [1.54, 1.807) is 18.2 Å². The van der Waals surface area contributed by atoms with Crippen molar-refractivity contribution in [2.75, 3.05) is 20.2 Å². The highest BCUT2D eigenvalue weighted by Gasteiger charge is 2.20. The maximum absolute atomic E-state index is 12.3. The van der Waals surface area contributed by atoms with E-state index in [-0.39, 0.29) is 24.6 Å². The van der Waals surface area contributed by atoms with E-state index in [2.05, 4.69) is 5.32 Å². The van der Waals surface area contributed by atoms with E-state index in [0.29, 0.717) is 13.0 Å². The number of urea groups is 1. The van der Waals surface area contributed by atoms with Crippen molar-refractivity contribution in [2.24, 2.45) is 0 Å². The van der Waals surface area contributed by atoms with Crippen LogP contribution in [0.15, 0.2) is 53.1 Å². The molecule has 0 saturated heterocycles. The summed E-state index contributed by atoms with van der Waals surface area (Å²) in [6, 6.07) is 13.3. The fourth-order valence-electron chi connectivity index (χ4n) is 2.50. The molecule has 23 heavy (non-hydrogen) atoms. The van der Waals surface area contributed by atoms with Crippen LogP contribution >= 0.6 is 0 Å². The fourth-order valence-corrected chi connectivity index (χ4v) is 2.50. The van der Waals surface area contributed by atoms with Crippen LogP contribution in [-0.2, 0) is 0 Å². The fraction of sp³-hybridized carbons (Fsp3) is 0.389. The third-order valence-corrected chi connectivity index (χ3v) is 4.10. The van der Waals surface area contributed by atoms with E-state index in [1.807, 2.05) is 49.4 Å². The van der Waals surface area contributed by atoms with Gasteiger partial charge in [-0.3, -0.25) is 0 Å². The lowest BCUT2D eigenvalue weighted by atomic mass is 9.96. The van der Waals surface area contributed by atoms with Gasteiger partial charge in [-0.15, -0.1) is 0 Å². The number of amides is 2. The Hall–Kier alpha value is -2.27. The Morgan fingerprint density at radius 1 is 1.26 bits per heavy atom. The van der Waals surface area contributed by atoms with Crippen molar-refractivity contribution in [3.8, 4) is 0 Å². The first-order chi connectivity index (χ1) is 11.1. The van der Waals surface area contributed by atoms with Gasteiger partial charge in [0.2, 0.25) is 0 Å². The molecule has 5 nitrogen and oxygen atoms in total. The Bertz CT molecular complexity index is 584. The average Bonchev–Trinajstić information content (AvgIpc) is 3.12. The molecule has 124 valence electrons. The number of furan rings is 1. The third-order valence-electron chi connectivity index (χ3n) is 4.10. The molecule has 2 unspecified atom stereocenters. The van der Waals surface area contributed by atoms with Gasteiger partial charge in [-0.25, -0.2) is 4.79 Å². The first kappa shape index (κ1) is 17.1. The molecule has 2 N–H and O–H groups in total. The van der Waals surface area contributed by atoms with Gasteiger partial charge in [0.05, 0.1) is 12.3 Å². The number of benzene rings is 1. The predicted octanol–water partition coefficient (Wildman–Crippen LogP) is 3.15. The second-order valence-corrected chi connectivity index (χ2v) is 5.61. The number of rotatable bonds is 7. The van der Waals surface area contributed by atoms with Crippen molar-refractivity contribution in [2.45, 2.75) is 25.3 Å². The van der Waals surface area contributed by atoms with E-state index < -0.39 is 0 Å². The van der Waals surface area contributed by atoms with Gasteiger partial charge in [0, 0.05) is 26.1 Å². The topological polar surface area (TPSA) is 65.7 Å². The van der Waals surface area contributed by atoms with Crippen molar-refractivity contribution >= 4 is 6.03 Å². The zero-order chi connectivity index (χ0) is 16.7. The SMILES string of the molecule is CC(c1ccco1)N(C)C(=O)NCC(CCO)c1ccccc1. The Balaban J connectivity index is 1.93. The lowest BCUT2D eigenvalue weighted by Crippen LogP contribution is -2.40. The van der Waals surface area contributed by atoms with Crippen LogP contribution in [-0.4, -0.2) is 36.2 Å². The van der Waals surface area contributed by atoms with Crippen molar-refractivity contribution < 1.29 is 14.3 Å². The quantitative estimate of drug-likeness (QED) is 0.824. The van der Waals surface area contributed by atoms with Crippen molar-refractivity contribution in [3.63, 3.8) is 0 Å². The van der Waals surface area contributed by atoms with Gasteiger partial charge in [-0.05, 0) is 31.0 Å². The highest BCUT2D eigenvalue weighted by atomic mass is 16.3. The molecule has 5 heteroatoms. The molecule has 0 bridgehead atoms. The number of nitrogens with one attached hydrogen (secondary N) is 1. The second kappa shape index (κ2) is 8.39. The first-order valence-corrected chi connectivity index (χ1v) is 7.83. The number of nitrogens with zero attached hydrogens (tertiary/aromatic N) is 1. The largest absolute Gasteiger partial charge is 0.467 e. The van der Waals surface area contributed by atoms with Gasteiger partial charge in [-0.2, -0.15) is 0 Å². The van der Waals surface area contributed by atoms with E-state index in [1.165, 1.54) is 0 Å². The summed E-state index contributed by atoms with van der Waals surface area (Å²) in [6.45, 7) is 2.49. The first-order valence-electron chi connectivity index (χ1n) is 7.83. The minimum absolute atomic E-state index is 0.0913. The minimum atomic E-state index is -0.159. The molecule has 2 aromatic rings. The summed E-state index contributed by atoms with van der Waals surface area (Å²) in [5.41, 5.74) is 1.11. The number of aliphatic hydroxyl groups is 1. The zero-order valence-corrected chi connectivity index (χ0v) is 13.6. The molecule has 0 saturated carbocycles. The van der Waals surface area contributed by atoms with Crippen LogP contribution in [0.5, 0.6) is 0 Å². The Labute approximate surface area is 136 Å². The van der Waals surface area contributed by atoms with Crippen LogP contribution in [0.2, 0.25) is 0 Å². The molecule has 0 spiro atoms. The molecule has 0 aliphatic rings. The summed E-state index contributed by atoms with van der Waals surface area (Å²) in [7, 11) is 1.74. The van der Waals surface area contributed by atoms with E-state index in [0.717, 1.165) is 11.3 Å². The molecule has 1 aromatic heterocycles. The average molecular weight is 316 g/mol. The number of hydrogen-bond donors (Lipinski definition) is 2. The Kier molecular flexibility index (Phi) is 6.23. The summed E-state index contributed by atoms with van der Waals surface area (Å²) in [4.78, 5) is 13.9. The van der Waals surface area contributed by atoms with Gasteiger partial charge in [0.1, 0.15) is 5.76 Å². The molecule has 0 fully saturated rings. The van der Waals surface area contributed by atoms with E-state index in [4.69, 9.17) is 4.42 Å². The number of hydrogen-bond acceptors (Lipinski definition) is 3. The van der Waals surface area contributed by atoms with Gasteiger partial charge in [0.25, 0.3) is 0 Å². The number of carbonyl (C=O) groups is 1. The van der Waals surface area contributed by atoms with E-state index in [9.17, 15) is 9.90 Å². The number of carbonyl (C=O) groups excluding carboxylic acids is 1. The number of aliphatic hydroxyl groups excluding tert-OH is 1. The van der Waals surface area contributed by atoms with Gasteiger partial charge < -0.3 is 19.7 Å². The normalized spacial score (nSPS) is 13.3. The lowest BCUT2D eigenvalue weighted by molar-refractivity contribution is 0.185. The van der Waals surface area contributed by atoms with Gasteiger partial charge in [-0.1, -0.05) is 30.3 Å². The molecular weight excluding hydrogens is 292 g/mol. The molecule has 1 heterocycles. The Morgan fingerprint density at radius 2 is 2.00 bits per heavy atom. The molecule has 2 amide bonds. The minimum Gasteiger partial charge on any atom is -0.467 e. The van der Waals surface area contributed by atoms with Crippen molar-refractivity contribution in [1.29, 1.82) is 0 Å². The molecule has 0 radical (unpaired) electrons. The summed E-state index contributed by atoms with van der Waals surface area (Å²) >= 11 is 0. The van der Waals surface area contributed by atoms with Crippen molar-refractivity contribution in [3.05, 3.63) is 60.1 Å². The molecule has 2 rings (SSSR count). The predicted molar refractivity (Wildman–Crippen MR) is 89.2 cm³/mol.